The first-order valence-corrected chi connectivity index (χ1v) is 10.8. The minimum Gasteiger partial charge on any atom is -0.494 e. The third-order valence-electron chi connectivity index (χ3n) is 4.09. The Hall–Kier alpha value is -2.58. The highest BCUT2D eigenvalue weighted by molar-refractivity contribution is 7.89. The topological polar surface area (TPSA) is 82.1 Å². The highest BCUT2D eigenvalue weighted by Gasteiger charge is 2.20. The molecule has 2 aromatic carbocycles. The van der Waals surface area contributed by atoms with Crippen LogP contribution >= 0.6 is 0 Å². The van der Waals surface area contributed by atoms with E-state index in [4.69, 9.17) is 14.2 Å². The summed E-state index contributed by atoms with van der Waals surface area (Å²) in [6.07, 6.45) is 0.938. The van der Waals surface area contributed by atoms with Gasteiger partial charge in [-0.15, -0.1) is 0 Å². The summed E-state index contributed by atoms with van der Waals surface area (Å²) in [5.41, 5.74) is 0.849. The van der Waals surface area contributed by atoms with Gasteiger partial charge in [-0.1, -0.05) is 13.0 Å². The van der Waals surface area contributed by atoms with E-state index in [-0.39, 0.29) is 23.7 Å². The fraction of sp³-hybridized carbons (Fsp3) is 0.381. The van der Waals surface area contributed by atoms with Gasteiger partial charge in [0.15, 0.2) is 0 Å². The van der Waals surface area contributed by atoms with Crippen LogP contribution < -0.4 is 9.47 Å². The highest BCUT2D eigenvalue weighted by atomic mass is 32.2. The maximum absolute atomic E-state index is 12.4. The van der Waals surface area contributed by atoms with Crippen molar-refractivity contribution in [2.75, 3.05) is 33.9 Å². The van der Waals surface area contributed by atoms with Crippen LogP contribution in [0.3, 0.4) is 0 Å². The van der Waals surface area contributed by atoms with Gasteiger partial charge in [-0.2, -0.15) is 0 Å². The van der Waals surface area contributed by atoms with E-state index < -0.39 is 16.0 Å². The largest absolute Gasteiger partial charge is 0.494 e. The van der Waals surface area contributed by atoms with Crippen molar-refractivity contribution in [1.29, 1.82) is 0 Å². The molecule has 158 valence electrons. The molecule has 0 spiro atoms. The molecule has 29 heavy (non-hydrogen) atoms. The molecule has 0 saturated carbocycles. The van der Waals surface area contributed by atoms with E-state index in [1.165, 1.54) is 26.2 Å². The maximum atomic E-state index is 12.4. The molecule has 0 aliphatic heterocycles. The average molecular weight is 422 g/mol. The number of benzene rings is 2. The van der Waals surface area contributed by atoms with Crippen molar-refractivity contribution in [3.63, 3.8) is 0 Å². The van der Waals surface area contributed by atoms with Crippen molar-refractivity contribution in [2.24, 2.45) is 0 Å². The number of rotatable bonds is 10. The Morgan fingerprint density at radius 1 is 0.931 bits per heavy atom. The summed E-state index contributed by atoms with van der Waals surface area (Å²) in [6, 6.07) is 11.6. The average Bonchev–Trinajstić information content (AvgIpc) is 2.70. The Balaban J connectivity index is 1.91. The number of aryl methyl sites for hydroxylation is 1. The third-order valence-corrected chi connectivity index (χ3v) is 5.90. The van der Waals surface area contributed by atoms with Crippen LogP contribution in [-0.4, -0.2) is 52.6 Å². The van der Waals surface area contributed by atoms with Gasteiger partial charge in [-0.3, -0.25) is 0 Å². The third kappa shape index (κ3) is 6.20. The zero-order chi connectivity index (χ0) is 21.4. The number of carbonyl (C=O) groups excluding carboxylic acids is 1. The molecule has 0 aliphatic rings. The van der Waals surface area contributed by atoms with Crippen LogP contribution in [0.4, 0.5) is 0 Å². The maximum Gasteiger partial charge on any atom is 0.338 e. The van der Waals surface area contributed by atoms with Crippen molar-refractivity contribution < 1.29 is 27.4 Å². The minimum atomic E-state index is -3.63. The van der Waals surface area contributed by atoms with E-state index in [0.29, 0.717) is 17.9 Å². The fourth-order valence-corrected chi connectivity index (χ4v) is 3.34. The van der Waals surface area contributed by atoms with Crippen LogP contribution in [0.25, 0.3) is 0 Å². The molecule has 0 N–H and O–H groups in total. The first-order valence-electron chi connectivity index (χ1n) is 9.31. The van der Waals surface area contributed by atoms with Gasteiger partial charge >= 0.3 is 5.97 Å². The van der Waals surface area contributed by atoms with Crippen LogP contribution in [0.2, 0.25) is 0 Å². The Morgan fingerprint density at radius 2 is 1.52 bits per heavy atom. The molecule has 0 fully saturated rings. The Kier molecular flexibility index (Phi) is 8.04. The van der Waals surface area contributed by atoms with E-state index in [0.717, 1.165) is 16.5 Å². The van der Waals surface area contributed by atoms with E-state index in [1.54, 1.807) is 25.1 Å². The lowest BCUT2D eigenvalue weighted by Crippen LogP contribution is -2.23. The second-order valence-corrected chi connectivity index (χ2v) is 8.72. The van der Waals surface area contributed by atoms with Gasteiger partial charge in [0.2, 0.25) is 10.0 Å². The second kappa shape index (κ2) is 10.3. The number of hydrogen-bond donors (Lipinski definition) is 0. The smallest absolute Gasteiger partial charge is 0.338 e. The molecule has 2 rings (SSSR count). The summed E-state index contributed by atoms with van der Waals surface area (Å²) in [6.45, 7) is 4.64. The summed E-state index contributed by atoms with van der Waals surface area (Å²) in [7, 11) is -0.755. The number of carbonyl (C=O) groups is 1. The Bertz CT molecular complexity index is 923. The molecule has 0 bridgehead atoms. The first-order chi connectivity index (χ1) is 13.8. The predicted molar refractivity (Wildman–Crippen MR) is 110 cm³/mol. The van der Waals surface area contributed by atoms with Gasteiger partial charge < -0.3 is 14.2 Å². The van der Waals surface area contributed by atoms with Gasteiger partial charge in [-0.25, -0.2) is 17.5 Å². The van der Waals surface area contributed by atoms with E-state index in [2.05, 4.69) is 0 Å². The van der Waals surface area contributed by atoms with Gasteiger partial charge in [0.05, 0.1) is 17.1 Å². The van der Waals surface area contributed by atoms with E-state index in [9.17, 15) is 13.2 Å². The molecule has 8 heteroatoms. The molecule has 7 nitrogen and oxygen atoms in total. The summed E-state index contributed by atoms with van der Waals surface area (Å²) in [5, 5.41) is 0. The summed E-state index contributed by atoms with van der Waals surface area (Å²) in [5.74, 6) is 0.819. The summed E-state index contributed by atoms with van der Waals surface area (Å²) in [4.78, 5) is 12.4. The molecule has 2 aromatic rings. The molecule has 0 aliphatic carbocycles. The van der Waals surface area contributed by atoms with Crippen LogP contribution in [0.15, 0.2) is 47.4 Å². The molecule has 0 amide bonds. The van der Waals surface area contributed by atoms with E-state index in [1.807, 2.05) is 19.1 Å². The number of nitrogens with zero attached hydrogens (tertiary/aromatic N) is 1. The van der Waals surface area contributed by atoms with Crippen molar-refractivity contribution >= 4 is 16.0 Å². The van der Waals surface area contributed by atoms with Crippen LogP contribution in [0.1, 0.15) is 29.3 Å². The Labute approximate surface area is 172 Å². The predicted octanol–water partition coefficient (Wildman–Crippen LogP) is 3.27. The molecule has 0 heterocycles. The fourth-order valence-electron chi connectivity index (χ4n) is 2.42. The molecule has 0 radical (unpaired) electrons. The lowest BCUT2D eigenvalue weighted by Gasteiger charge is -2.13. The number of ether oxygens (including phenoxy) is 3. The van der Waals surface area contributed by atoms with Gasteiger partial charge in [-0.05, 0) is 55.3 Å². The standard InChI is InChI=1S/C21H27NO6S/c1-5-12-26-17-7-9-18(10-8-17)27-13-14-28-21(23)20-15-19(11-6-16(20)2)29(24,25)22(3)4/h6-11,15H,5,12-14H2,1-4H3. The van der Waals surface area contributed by atoms with Crippen molar-refractivity contribution in [3.05, 3.63) is 53.6 Å². The highest BCUT2D eigenvalue weighted by Crippen LogP contribution is 2.20. The first kappa shape index (κ1) is 22.7. The molecular formula is C21H27NO6S. The van der Waals surface area contributed by atoms with Gasteiger partial charge in [0.1, 0.15) is 24.7 Å². The number of esters is 1. The molecule has 0 unspecified atom stereocenters. The second-order valence-electron chi connectivity index (χ2n) is 6.57. The zero-order valence-electron chi connectivity index (χ0n) is 17.2. The SMILES string of the molecule is CCCOc1ccc(OCCOC(=O)c2cc(S(=O)(=O)N(C)C)ccc2C)cc1. The summed E-state index contributed by atoms with van der Waals surface area (Å²) >= 11 is 0. The summed E-state index contributed by atoms with van der Waals surface area (Å²) < 4.78 is 41.9. The quantitative estimate of drug-likeness (QED) is 0.433. The Morgan fingerprint density at radius 3 is 2.07 bits per heavy atom. The number of hydrogen-bond acceptors (Lipinski definition) is 6. The number of sulfonamides is 1. The zero-order valence-corrected chi connectivity index (χ0v) is 18.0. The van der Waals surface area contributed by atoms with Crippen LogP contribution in [-0.2, 0) is 14.8 Å². The van der Waals surface area contributed by atoms with Crippen LogP contribution in [0.5, 0.6) is 11.5 Å². The van der Waals surface area contributed by atoms with Crippen molar-refractivity contribution in [1.82, 2.24) is 4.31 Å². The van der Waals surface area contributed by atoms with Gasteiger partial charge in [0.25, 0.3) is 0 Å². The van der Waals surface area contributed by atoms with Gasteiger partial charge in [0, 0.05) is 14.1 Å². The van der Waals surface area contributed by atoms with Crippen molar-refractivity contribution in [2.45, 2.75) is 25.2 Å². The van der Waals surface area contributed by atoms with E-state index >= 15 is 0 Å². The lowest BCUT2D eigenvalue weighted by atomic mass is 10.1. The molecule has 0 saturated heterocycles. The molecule has 0 aromatic heterocycles. The molecule has 0 atom stereocenters. The monoisotopic (exact) mass is 421 g/mol. The normalized spacial score (nSPS) is 11.3. The minimum absolute atomic E-state index is 0.0387. The van der Waals surface area contributed by atoms with Crippen LogP contribution in [0, 0.1) is 6.92 Å². The van der Waals surface area contributed by atoms with Crippen molar-refractivity contribution in [3.8, 4) is 11.5 Å². The lowest BCUT2D eigenvalue weighted by molar-refractivity contribution is 0.0449. The molecular weight excluding hydrogens is 394 g/mol.